The molecule has 3 aromatic heterocycles. The lowest BCUT2D eigenvalue weighted by atomic mass is 9.80. The van der Waals surface area contributed by atoms with Crippen molar-refractivity contribution in [1.29, 1.82) is 0 Å². The lowest BCUT2D eigenvalue weighted by molar-refractivity contribution is 0.0773. The van der Waals surface area contributed by atoms with Crippen molar-refractivity contribution in [1.82, 2.24) is 29.4 Å². The number of aromatic amines is 1. The molecule has 9 heteroatoms. The molecule has 3 fully saturated rings. The number of fused-ring (bicyclic) bond motifs is 1. The number of nitrogens with zero attached hydrogens (tertiary/aromatic N) is 6. The van der Waals surface area contributed by atoms with Crippen LogP contribution in [0.1, 0.15) is 67.9 Å². The van der Waals surface area contributed by atoms with Crippen LogP contribution in [-0.2, 0) is 0 Å². The number of nitrogens with one attached hydrogen (secondary N) is 1. The van der Waals surface area contributed by atoms with Crippen molar-refractivity contribution in [3.63, 3.8) is 0 Å². The minimum Gasteiger partial charge on any atom is -0.356 e. The van der Waals surface area contributed by atoms with Gasteiger partial charge in [-0.25, -0.2) is 19.7 Å². The number of rotatable bonds is 4. The van der Waals surface area contributed by atoms with Crippen LogP contribution in [0.25, 0.3) is 11.2 Å². The van der Waals surface area contributed by atoms with Gasteiger partial charge in [0.1, 0.15) is 17.8 Å². The van der Waals surface area contributed by atoms with Crippen LogP contribution in [0, 0.1) is 11.8 Å². The highest BCUT2D eigenvalue weighted by molar-refractivity contribution is 5.93. The number of anilines is 1. The molecule has 6 rings (SSSR count). The zero-order valence-electron chi connectivity index (χ0n) is 20.1. The Morgan fingerprint density at radius 3 is 2.60 bits per heavy atom. The number of carbonyl (C=O) groups is 1. The third kappa shape index (κ3) is 4.32. The number of pyridine rings is 1. The molecule has 0 spiro atoms. The molecule has 1 aliphatic carbocycles. The van der Waals surface area contributed by atoms with E-state index >= 15 is 0 Å². The largest absolute Gasteiger partial charge is 0.356 e. The summed E-state index contributed by atoms with van der Waals surface area (Å²) in [6, 6.07) is 5.75. The maximum Gasteiger partial charge on any atom is 0.327 e. The minimum atomic E-state index is -0.107. The topological polar surface area (TPSA) is 100 Å². The Labute approximate surface area is 204 Å². The summed E-state index contributed by atoms with van der Waals surface area (Å²) in [5.41, 5.74) is 1.86. The first kappa shape index (κ1) is 22.2. The molecule has 2 aliphatic heterocycles. The van der Waals surface area contributed by atoms with Crippen molar-refractivity contribution in [2.45, 2.75) is 57.4 Å². The molecule has 0 radical (unpaired) electrons. The molecule has 35 heavy (non-hydrogen) atoms. The first-order valence-corrected chi connectivity index (χ1v) is 13.1. The Morgan fingerprint density at radius 2 is 1.77 bits per heavy atom. The average Bonchev–Trinajstić information content (AvgIpc) is 3.53. The number of hydrogen-bond acceptors (Lipinski definition) is 6. The van der Waals surface area contributed by atoms with E-state index in [9.17, 15) is 9.59 Å². The van der Waals surface area contributed by atoms with Crippen LogP contribution in [0.15, 0.2) is 35.5 Å². The lowest BCUT2D eigenvalue weighted by Gasteiger charge is -2.33. The lowest BCUT2D eigenvalue weighted by Crippen LogP contribution is -2.37. The number of amides is 1. The average molecular weight is 476 g/mol. The van der Waals surface area contributed by atoms with Gasteiger partial charge >= 0.3 is 5.69 Å². The second kappa shape index (κ2) is 9.43. The summed E-state index contributed by atoms with van der Waals surface area (Å²) in [7, 11) is 0. The monoisotopic (exact) mass is 475 g/mol. The van der Waals surface area contributed by atoms with Gasteiger partial charge < -0.3 is 9.80 Å². The van der Waals surface area contributed by atoms with E-state index < -0.39 is 0 Å². The van der Waals surface area contributed by atoms with Crippen LogP contribution in [0.2, 0.25) is 0 Å². The molecule has 1 amide bonds. The molecule has 1 unspecified atom stereocenters. The minimum absolute atomic E-state index is 0.0275. The van der Waals surface area contributed by atoms with Crippen molar-refractivity contribution in [3.05, 3.63) is 46.9 Å². The van der Waals surface area contributed by atoms with Gasteiger partial charge in [-0.3, -0.25) is 14.3 Å². The zero-order chi connectivity index (χ0) is 23.8. The molecule has 3 aliphatic rings. The smallest absolute Gasteiger partial charge is 0.327 e. The Bertz CT molecular complexity index is 1250. The molecule has 9 nitrogen and oxygen atoms in total. The number of carbonyl (C=O) groups excluding carboxylic acids is 1. The molecule has 1 saturated carbocycles. The van der Waals surface area contributed by atoms with Gasteiger partial charge in [-0.05, 0) is 43.2 Å². The standard InChI is InChI=1S/C26H33N7O2/c34-25(32-12-8-19(16-32)18-5-2-1-3-6-18)21-15-23(29-17-28-21)31-13-9-20(10-14-31)33-22-7-4-11-27-24(22)30-26(33)35/h4,7,11,15,17-20H,1-3,5-6,8-10,12-14,16H2,(H,27,30,35). The Balaban J connectivity index is 1.11. The molecular formula is C26H33N7O2. The quantitative estimate of drug-likeness (QED) is 0.621. The third-order valence-electron chi connectivity index (χ3n) is 8.34. The van der Waals surface area contributed by atoms with E-state index in [-0.39, 0.29) is 17.6 Å². The summed E-state index contributed by atoms with van der Waals surface area (Å²) in [6.45, 7) is 3.23. The summed E-state index contributed by atoms with van der Waals surface area (Å²) in [6.07, 6.45) is 12.7. The summed E-state index contributed by atoms with van der Waals surface area (Å²) >= 11 is 0. The number of aromatic nitrogens is 5. The molecule has 0 aromatic carbocycles. The Hall–Kier alpha value is -3.23. The number of H-pyrrole nitrogens is 1. The highest BCUT2D eigenvalue weighted by atomic mass is 16.2. The van der Waals surface area contributed by atoms with Crippen LogP contribution >= 0.6 is 0 Å². The van der Waals surface area contributed by atoms with E-state index in [1.165, 1.54) is 38.4 Å². The highest BCUT2D eigenvalue weighted by Gasteiger charge is 2.33. The molecule has 1 N–H and O–H groups in total. The van der Waals surface area contributed by atoms with Crippen LogP contribution in [-0.4, -0.2) is 61.5 Å². The van der Waals surface area contributed by atoms with E-state index in [2.05, 4.69) is 24.8 Å². The fourth-order valence-corrected chi connectivity index (χ4v) is 6.44. The van der Waals surface area contributed by atoms with Gasteiger partial charge in [-0.2, -0.15) is 0 Å². The second-order valence-electron chi connectivity index (χ2n) is 10.3. The number of piperidine rings is 1. The van der Waals surface area contributed by atoms with Gasteiger partial charge in [-0.15, -0.1) is 0 Å². The highest BCUT2D eigenvalue weighted by Crippen LogP contribution is 2.35. The molecule has 2 saturated heterocycles. The van der Waals surface area contributed by atoms with E-state index in [1.807, 2.05) is 27.7 Å². The molecular weight excluding hydrogens is 442 g/mol. The summed E-state index contributed by atoms with van der Waals surface area (Å²) < 4.78 is 1.84. The summed E-state index contributed by atoms with van der Waals surface area (Å²) in [4.78, 5) is 45.9. The van der Waals surface area contributed by atoms with Crippen molar-refractivity contribution >= 4 is 22.9 Å². The van der Waals surface area contributed by atoms with Gasteiger partial charge in [0.15, 0.2) is 5.65 Å². The normalized spacial score (nSPS) is 22.2. The second-order valence-corrected chi connectivity index (χ2v) is 10.3. The first-order chi connectivity index (χ1) is 17.2. The number of likely N-dealkylation sites (tertiary alicyclic amines) is 1. The van der Waals surface area contributed by atoms with Gasteiger partial charge in [0, 0.05) is 44.5 Å². The predicted molar refractivity (Wildman–Crippen MR) is 133 cm³/mol. The molecule has 0 bridgehead atoms. The van der Waals surface area contributed by atoms with Crippen LogP contribution in [0.5, 0.6) is 0 Å². The van der Waals surface area contributed by atoms with E-state index in [0.29, 0.717) is 17.3 Å². The summed E-state index contributed by atoms with van der Waals surface area (Å²) in [5.74, 6) is 2.24. The van der Waals surface area contributed by atoms with Crippen molar-refractivity contribution < 1.29 is 4.79 Å². The van der Waals surface area contributed by atoms with Gasteiger partial charge in [-0.1, -0.05) is 32.1 Å². The van der Waals surface area contributed by atoms with E-state index in [0.717, 1.165) is 62.7 Å². The van der Waals surface area contributed by atoms with Crippen molar-refractivity contribution in [3.8, 4) is 0 Å². The molecule has 184 valence electrons. The Kier molecular flexibility index (Phi) is 6.00. The van der Waals surface area contributed by atoms with Gasteiger partial charge in [0.2, 0.25) is 0 Å². The zero-order valence-corrected chi connectivity index (χ0v) is 20.1. The van der Waals surface area contributed by atoms with Gasteiger partial charge in [0.25, 0.3) is 5.91 Å². The Morgan fingerprint density at radius 1 is 0.943 bits per heavy atom. The molecule has 1 atom stereocenters. The maximum absolute atomic E-state index is 13.2. The molecule has 5 heterocycles. The fraction of sp³-hybridized carbons (Fsp3) is 0.577. The predicted octanol–water partition coefficient (Wildman–Crippen LogP) is 3.40. The maximum atomic E-state index is 13.2. The van der Waals surface area contributed by atoms with E-state index in [4.69, 9.17) is 0 Å². The van der Waals surface area contributed by atoms with E-state index in [1.54, 1.807) is 6.20 Å². The molecule has 3 aromatic rings. The van der Waals surface area contributed by atoms with Gasteiger partial charge in [0.05, 0.1) is 5.52 Å². The number of imidazole rings is 1. The summed E-state index contributed by atoms with van der Waals surface area (Å²) in [5, 5.41) is 0. The number of hydrogen-bond donors (Lipinski definition) is 1. The third-order valence-corrected chi connectivity index (χ3v) is 8.34. The first-order valence-electron chi connectivity index (χ1n) is 13.1. The van der Waals surface area contributed by atoms with Crippen molar-refractivity contribution in [2.24, 2.45) is 11.8 Å². The van der Waals surface area contributed by atoms with Crippen LogP contribution < -0.4 is 10.6 Å². The van der Waals surface area contributed by atoms with Crippen LogP contribution in [0.3, 0.4) is 0 Å². The van der Waals surface area contributed by atoms with Crippen LogP contribution in [0.4, 0.5) is 5.82 Å². The fourth-order valence-electron chi connectivity index (χ4n) is 6.44. The SMILES string of the molecule is O=C(c1cc(N2CCC(n3c(=O)[nH]c4ncccc43)CC2)ncn1)N1CCC(C2CCCCC2)C1. The van der Waals surface area contributed by atoms with Crippen molar-refractivity contribution in [2.75, 3.05) is 31.1 Å².